The number of esters is 1. The van der Waals surface area contributed by atoms with Crippen molar-refractivity contribution in [2.75, 3.05) is 20.0 Å². The maximum Gasteiger partial charge on any atom is 0.358 e. The van der Waals surface area contributed by atoms with Gasteiger partial charge in [0, 0.05) is 6.07 Å². The zero-order valence-electron chi connectivity index (χ0n) is 11.0. The van der Waals surface area contributed by atoms with E-state index in [2.05, 4.69) is 14.7 Å². The molecule has 0 radical (unpaired) electrons. The molecule has 0 spiro atoms. The van der Waals surface area contributed by atoms with E-state index in [9.17, 15) is 4.79 Å². The van der Waals surface area contributed by atoms with Crippen molar-refractivity contribution >= 4 is 11.7 Å². The number of nitrogens with two attached hydrogens (primary N) is 1. The molecule has 20 heavy (non-hydrogen) atoms. The van der Waals surface area contributed by atoms with Crippen LogP contribution in [-0.4, -0.2) is 30.2 Å². The van der Waals surface area contributed by atoms with Crippen molar-refractivity contribution in [1.82, 2.24) is 9.97 Å². The first-order chi connectivity index (χ1) is 9.63. The normalized spacial score (nSPS) is 9.90. The Morgan fingerprint density at radius 2 is 2.05 bits per heavy atom. The summed E-state index contributed by atoms with van der Waals surface area (Å²) in [5.74, 6) is 0.487. The number of nitrogens with zero attached hydrogens (tertiary/aromatic N) is 2. The zero-order valence-corrected chi connectivity index (χ0v) is 11.0. The third kappa shape index (κ3) is 2.94. The topological polar surface area (TPSA) is 96.6 Å². The molecule has 0 saturated carbocycles. The van der Waals surface area contributed by atoms with Gasteiger partial charge in [0.05, 0.1) is 32.3 Å². The number of anilines is 1. The molecule has 0 fully saturated rings. The Labute approximate surface area is 115 Å². The zero-order chi connectivity index (χ0) is 14.5. The Morgan fingerprint density at radius 1 is 1.25 bits per heavy atom. The van der Waals surface area contributed by atoms with Crippen LogP contribution in [0, 0.1) is 0 Å². The fraction of sp³-hybridized carbons (Fsp3) is 0.154. The lowest BCUT2D eigenvalue weighted by atomic mass is 10.3. The second-order valence-electron chi connectivity index (χ2n) is 3.74. The van der Waals surface area contributed by atoms with Crippen molar-refractivity contribution in [3.05, 3.63) is 36.3 Å². The lowest BCUT2D eigenvalue weighted by molar-refractivity contribution is 0.0592. The minimum atomic E-state index is -0.596. The van der Waals surface area contributed by atoms with Crippen LogP contribution in [0.15, 0.2) is 30.6 Å². The van der Waals surface area contributed by atoms with Gasteiger partial charge in [0.25, 0.3) is 0 Å². The van der Waals surface area contributed by atoms with E-state index < -0.39 is 5.97 Å². The van der Waals surface area contributed by atoms with Gasteiger partial charge in [-0.3, -0.25) is 4.98 Å². The van der Waals surface area contributed by atoms with Gasteiger partial charge < -0.3 is 19.9 Å². The predicted molar refractivity (Wildman–Crippen MR) is 70.9 cm³/mol. The first kappa shape index (κ1) is 13.6. The van der Waals surface area contributed by atoms with Gasteiger partial charge in [-0.25, -0.2) is 9.78 Å². The highest BCUT2D eigenvalue weighted by molar-refractivity contribution is 5.86. The summed E-state index contributed by atoms with van der Waals surface area (Å²) in [6.07, 6.45) is 2.65. The number of benzene rings is 1. The monoisotopic (exact) mass is 275 g/mol. The number of rotatable bonds is 4. The molecule has 2 rings (SSSR count). The van der Waals surface area contributed by atoms with Crippen molar-refractivity contribution in [3.63, 3.8) is 0 Å². The Hall–Kier alpha value is -2.83. The number of aromatic nitrogens is 2. The number of carbonyl (C=O) groups is 1. The SMILES string of the molecule is COC(=O)c1cncc(Oc2cc(OC)ccc2N)n1. The van der Waals surface area contributed by atoms with E-state index in [0.29, 0.717) is 17.2 Å². The van der Waals surface area contributed by atoms with Gasteiger partial charge in [-0.1, -0.05) is 0 Å². The highest BCUT2D eigenvalue weighted by Gasteiger charge is 2.11. The maximum absolute atomic E-state index is 11.4. The molecule has 1 aromatic heterocycles. The molecule has 1 heterocycles. The molecule has 7 nitrogen and oxygen atoms in total. The van der Waals surface area contributed by atoms with Crippen molar-refractivity contribution in [2.45, 2.75) is 0 Å². The van der Waals surface area contributed by atoms with E-state index in [1.165, 1.54) is 26.6 Å². The molecule has 1 aromatic carbocycles. The quantitative estimate of drug-likeness (QED) is 0.669. The minimum Gasteiger partial charge on any atom is -0.497 e. The molecule has 0 aliphatic heterocycles. The minimum absolute atomic E-state index is 0.0477. The van der Waals surface area contributed by atoms with Crippen LogP contribution in [0.5, 0.6) is 17.4 Å². The maximum atomic E-state index is 11.4. The second-order valence-corrected chi connectivity index (χ2v) is 3.74. The molecular weight excluding hydrogens is 262 g/mol. The molecule has 2 aromatic rings. The summed E-state index contributed by atoms with van der Waals surface area (Å²) in [6, 6.07) is 4.96. The molecule has 0 atom stereocenters. The molecule has 0 amide bonds. The Balaban J connectivity index is 2.28. The summed E-state index contributed by atoms with van der Waals surface area (Å²) < 4.78 is 15.1. The average molecular weight is 275 g/mol. The molecular formula is C13H13N3O4. The van der Waals surface area contributed by atoms with Crippen LogP contribution in [0.4, 0.5) is 5.69 Å². The molecule has 0 bridgehead atoms. The molecule has 0 unspecified atom stereocenters. The van der Waals surface area contributed by atoms with Gasteiger partial charge in [0.15, 0.2) is 11.4 Å². The van der Waals surface area contributed by atoms with Gasteiger partial charge in [-0.2, -0.15) is 0 Å². The summed E-state index contributed by atoms with van der Waals surface area (Å²) >= 11 is 0. The third-order valence-corrected chi connectivity index (χ3v) is 2.44. The average Bonchev–Trinajstić information content (AvgIpc) is 2.49. The third-order valence-electron chi connectivity index (χ3n) is 2.44. The second kappa shape index (κ2) is 5.87. The van der Waals surface area contributed by atoms with E-state index >= 15 is 0 Å². The van der Waals surface area contributed by atoms with Crippen molar-refractivity contribution in [3.8, 4) is 17.4 Å². The summed E-state index contributed by atoms with van der Waals surface area (Å²) in [7, 11) is 2.80. The number of hydrogen-bond acceptors (Lipinski definition) is 7. The molecule has 104 valence electrons. The number of ether oxygens (including phenoxy) is 3. The van der Waals surface area contributed by atoms with E-state index in [4.69, 9.17) is 15.2 Å². The number of nitrogen functional groups attached to an aromatic ring is 1. The van der Waals surface area contributed by atoms with E-state index in [0.717, 1.165) is 0 Å². The number of hydrogen-bond donors (Lipinski definition) is 1. The van der Waals surface area contributed by atoms with E-state index in [1.807, 2.05) is 0 Å². The molecule has 0 saturated heterocycles. The fourth-order valence-electron chi connectivity index (χ4n) is 1.44. The van der Waals surface area contributed by atoms with Gasteiger partial charge in [-0.05, 0) is 12.1 Å². The molecule has 0 aliphatic rings. The molecule has 2 N–H and O–H groups in total. The fourth-order valence-corrected chi connectivity index (χ4v) is 1.44. The van der Waals surface area contributed by atoms with Gasteiger partial charge >= 0.3 is 5.97 Å². The van der Waals surface area contributed by atoms with Crippen LogP contribution in [0.2, 0.25) is 0 Å². The van der Waals surface area contributed by atoms with Crippen LogP contribution >= 0.6 is 0 Å². The summed E-state index contributed by atoms with van der Waals surface area (Å²) in [5.41, 5.74) is 6.26. The smallest absolute Gasteiger partial charge is 0.358 e. The van der Waals surface area contributed by atoms with Crippen LogP contribution < -0.4 is 15.2 Å². The van der Waals surface area contributed by atoms with Crippen LogP contribution in [-0.2, 0) is 4.74 Å². The first-order valence-electron chi connectivity index (χ1n) is 5.65. The Morgan fingerprint density at radius 3 is 2.75 bits per heavy atom. The molecule has 7 heteroatoms. The van der Waals surface area contributed by atoms with Crippen LogP contribution in [0.1, 0.15) is 10.5 Å². The number of carbonyl (C=O) groups excluding carboxylic acids is 1. The van der Waals surface area contributed by atoms with Crippen molar-refractivity contribution < 1.29 is 19.0 Å². The highest BCUT2D eigenvalue weighted by atomic mass is 16.5. The van der Waals surface area contributed by atoms with Gasteiger partial charge in [0.1, 0.15) is 5.75 Å². The van der Waals surface area contributed by atoms with Crippen molar-refractivity contribution in [1.29, 1.82) is 0 Å². The largest absolute Gasteiger partial charge is 0.497 e. The van der Waals surface area contributed by atoms with E-state index in [-0.39, 0.29) is 11.6 Å². The predicted octanol–water partition coefficient (Wildman–Crippen LogP) is 1.65. The summed E-state index contributed by atoms with van der Waals surface area (Å²) in [5, 5.41) is 0. The summed E-state index contributed by atoms with van der Waals surface area (Å²) in [4.78, 5) is 19.2. The lowest BCUT2D eigenvalue weighted by Crippen LogP contribution is -2.05. The number of methoxy groups -OCH3 is 2. The van der Waals surface area contributed by atoms with Gasteiger partial charge in [0.2, 0.25) is 5.88 Å². The highest BCUT2D eigenvalue weighted by Crippen LogP contribution is 2.30. The van der Waals surface area contributed by atoms with Crippen LogP contribution in [0.3, 0.4) is 0 Å². The van der Waals surface area contributed by atoms with Gasteiger partial charge in [-0.15, -0.1) is 0 Å². The van der Waals surface area contributed by atoms with Crippen LogP contribution in [0.25, 0.3) is 0 Å². The summed E-state index contributed by atoms with van der Waals surface area (Å²) in [6.45, 7) is 0. The Bertz CT molecular complexity index is 631. The first-order valence-corrected chi connectivity index (χ1v) is 5.65. The molecule has 0 aliphatic carbocycles. The lowest BCUT2D eigenvalue weighted by Gasteiger charge is -2.09. The standard InChI is InChI=1S/C13H13N3O4/c1-18-8-3-4-9(14)11(5-8)20-12-7-15-6-10(16-12)13(17)19-2/h3-7H,14H2,1-2H3. The Kier molecular flexibility index (Phi) is 3.99. The van der Waals surface area contributed by atoms with E-state index in [1.54, 1.807) is 18.2 Å². The van der Waals surface area contributed by atoms with Crippen molar-refractivity contribution in [2.24, 2.45) is 0 Å².